The van der Waals surface area contributed by atoms with E-state index in [0.29, 0.717) is 12.2 Å². The SMILES string of the molecule is Cc1cc(C(=O)NCC(C)(C)CO)on1. The van der Waals surface area contributed by atoms with Crippen molar-refractivity contribution in [1.82, 2.24) is 10.5 Å². The first-order valence-electron chi connectivity index (χ1n) is 4.77. The number of carbonyl (C=O) groups excluding carboxylic acids is 1. The van der Waals surface area contributed by atoms with Crippen LogP contribution in [0.5, 0.6) is 0 Å². The van der Waals surface area contributed by atoms with Crippen molar-refractivity contribution in [2.45, 2.75) is 20.8 Å². The van der Waals surface area contributed by atoms with Crippen LogP contribution in [0.4, 0.5) is 0 Å². The predicted octanol–water partition coefficient (Wildman–Crippen LogP) is 0.731. The third kappa shape index (κ3) is 3.36. The van der Waals surface area contributed by atoms with Crippen LogP contribution in [-0.2, 0) is 0 Å². The summed E-state index contributed by atoms with van der Waals surface area (Å²) >= 11 is 0. The molecule has 2 N–H and O–H groups in total. The van der Waals surface area contributed by atoms with Gasteiger partial charge in [-0.15, -0.1) is 0 Å². The smallest absolute Gasteiger partial charge is 0.289 e. The first kappa shape index (κ1) is 11.7. The molecule has 5 nitrogen and oxygen atoms in total. The van der Waals surface area contributed by atoms with Gasteiger partial charge in [-0.3, -0.25) is 4.79 Å². The number of hydrogen-bond donors (Lipinski definition) is 2. The summed E-state index contributed by atoms with van der Waals surface area (Å²) in [6.45, 7) is 5.88. The predicted molar refractivity (Wildman–Crippen MR) is 54.4 cm³/mol. The van der Waals surface area contributed by atoms with Crippen molar-refractivity contribution in [2.24, 2.45) is 5.41 Å². The minimum Gasteiger partial charge on any atom is -0.396 e. The minimum absolute atomic E-state index is 0.0166. The number of nitrogens with one attached hydrogen (secondary N) is 1. The Morgan fingerprint density at radius 1 is 1.67 bits per heavy atom. The summed E-state index contributed by atoms with van der Waals surface area (Å²) in [4.78, 5) is 11.5. The molecule has 1 aromatic rings. The highest BCUT2D eigenvalue weighted by Crippen LogP contribution is 2.11. The molecule has 0 fully saturated rings. The summed E-state index contributed by atoms with van der Waals surface area (Å²) in [5.74, 6) is -0.113. The number of rotatable bonds is 4. The molecule has 15 heavy (non-hydrogen) atoms. The number of nitrogens with zero attached hydrogens (tertiary/aromatic N) is 1. The monoisotopic (exact) mass is 212 g/mol. The highest BCUT2D eigenvalue weighted by Gasteiger charge is 2.19. The molecule has 0 aliphatic rings. The van der Waals surface area contributed by atoms with Crippen LogP contribution in [0.3, 0.4) is 0 Å². The van der Waals surface area contributed by atoms with E-state index in [1.807, 2.05) is 13.8 Å². The van der Waals surface area contributed by atoms with Crippen LogP contribution in [-0.4, -0.2) is 29.3 Å². The first-order chi connectivity index (χ1) is 6.94. The molecular formula is C10H16N2O3. The number of hydrogen-bond acceptors (Lipinski definition) is 4. The van der Waals surface area contributed by atoms with Crippen LogP contribution in [0.1, 0.15) is 30.1 Å². The molecule has 0 aromatic carbocycles. The van der Waals surface area contributed by atoms with Crippen molar-refractivity contribution >= 4 is 5.91 Å². The van der Waals surface area contributed by atoms with Gasteiger partial charge in [0.05, 0.1) is 5.69 Å². The first-order valence-corrected chi connectivity index (χ1v) is 4.77. The zero-order valence-corrected chi connectivity index (χ0v) is 9.20. The summed E-state index contributed by atoms with van der Waals surface area (Å²) in [6, 6.07) is 1.57. The van der Waals surface area contributed by atoms with Crippen LogP contribution in [0, 0.1) is 12.3 Å². The Morgan fingerprint density at radius 3 is 2.80 bits per heavy atom. The van der Waals surface area contributed by atoms with Gasteiger partial charge in [-0.1, -0.05) is 19.0 Å². The van der Waals surface area contributed by atoms with E-state index in [2.05, 4.69) is 10.5 Å². The average molecular weight is 212 g/mol. The normalized spacial score (nSPS) is 11.5. The molecule has 0 bridgehead atoms. The van der Waals surface area contributed by atoms with Crippen LogP contribution in [0.25, 0.3) is 0 Å². The summed E-state index contributed by atoms with van der Waals surface area (Å²) in [6.07, 6.45) is 0. The number of carbonyl (C=O) groups is 1. The summed E-state index contributed by atoms with van der Waals surface area (Å²) in [7, 11) is 0. The van der Waals surface area contributed by atoms with Crippen molar-refractivity contribution < 1.29 is 14.4 Å². The second kappa shape index (κ2) is 4.44. The molecule has 0 saturated carbocycles. The van der Waals surface area contributed by atoms with Gasteiger partial charge >= 0.3 is 0 Å². The largest absolute Gasteiger partial charge is 0.396 e. The van der Waals surface area contributed by atoms with E-state index in [-0.39, 0.29) is 23.7 Å². The zero-order chi connectivity index (χ0) is 11.5. The number of aliphatic hydroxyl groups excluding tert-OH is 1. The van der Waals surface area contributed by atoms with E-state index >= 15 is 0 Å². The van der Waals surface area contributed by atoms with E-state index in [1.165, 1.54) is 0 Å². The van der Waals surface area contributed by atoms with Gasteiger partial charge in [0.25, 0.3) is 5.91 Å². The molecule has 0 aliphatic heterocycles. The molecule has 0 aliphatic carbocycles. The lowest BCUT2D eigenvalue weighted by Crippen LogP contribution is -2.35. The van der Waals surface area contributed by atoms with Crippen molar-refractivity contribution in [3.05, 3.63) is 17.5 Å². The Labute approximate surface area is 88.5 Å². The van der Waals surface area contributed by atoms with Gasteiger partial charge in [0.15, 0.2) is 0 Å². The lowest BCUT2D eigenvalue weighted by atomic mass is 9.95. The maximum absolute atomic E-state index is 11.5. The third-order valence-corrected chi connectivity index (χ3v) is 2.01. The average Bonchev–Trinajstić information content (AvgIpc) is 2.61. The fourth-order valence-corrected chi connectivity index (χ4v) is 0.933. The molecule has 1 heterocycles. The minimum atomic E-state index is -0.329. The summed E-state index contributed by atoms with van der Waals surface area (Å²) in [5, 5.41) is 15.3. The van der Waals surface area contributed by atoms with E-state index in [0.717, 1.165) is 0 Å². The number of amides is 1. The fourth-order valence-electron chi connectivity index (χ4n) is 0.933. The molecule has 84 valence electrons. The maximum Gasteiger partial charge on any atom is 0.289 e. The fraction of sp³-hybridized carbons (Fsp3) is 0.600. The summed E-state index contributed by atoms with van der Waals surface area (Å²) in [5.41, 5.74) is 0.339. The topological polar surface area (TPSA) is 75.4 Å². The highest BCUT2D eigenvalue weighted by molar-refractivity contribution is 5.91. The molecule has 0 atom stereocenters. The number of aliphatic hydroxyl groups is 1. The van der Waals surface area contributed by atoms with E-state index in [4.69, 9.17) is 9.63 Å². The van der Waals surface area contributed by atoms with Gasteiger partial charge in [-0.25, -0.2) is 0 Å². The molecule has 0 radical (unpaired) electrons. The van der Waals surface area contributed by atoms with Gasteiger partial charge in [0.1, 0.15) is 0 Å². The summed E-state index contributed by atoms with van der Waals surface area (Å²) < 4.78 is 4.80. The third-order valence-electron chi connectivity index (χ3n) is 2.01. The highest BCUT2D eigenvalue weighted by atomic mass is 16.5. The van der Waals surface area contributed by atoms with Crippen LogP contribution in [0.15, 0.2) is 10.6 Å². The second-order valence-corrected chi connectivity index (χ2v) is 4.34. The molecule has 0 saturated heterocycles. The Kier molecular flexibility index (Phi) is 3.47. The lowest BCUT2D eigenvalue weighted by molar-refractivity contribution is 0.0875. The Balaban J connectivity index is 2.50. The van der Waals surface area contributed by atoms with Crippen molar-refractivity contribution in [2.75, 3.05) is 13.2 Å². The van der Waals surface area contributed by atoms with Gasteiger partial charge in [0, 0.05) is 24.6 Å². The molecule has 0 unspecified atom stereocenters. The number of aromatic nitrogens is 1. The Hall–Kier alpha value is -1.36. The van der Waals surface area contributed by atoms with Gasteiger partial charge < -0.3 is 14.9 Å². The molecule has 1 aromatic heterocycles. The Morgan fingerprint density at radius 2 is 2.33 bits per heavy atom. The molecule has 1 amide bonds. The standard InChI is InChI=1S/C10H16N2O3/c1-7-4-8(15-12-7)9(14)11-5-10(2,3)6-13/h4,13H,5-6H2,1-3H3,(H,11,14). The van der Waals surface area contributed by atoms with Crippen molar-refractivity contribution in [3.63, 3.8) is 0 Å². The van der Waals surface area contributed by atoms with Crippen LogP contribution in [0.2, 0.25) is 0 Å². The van der Waals surface area contributed by atoms with Crippen molar-refractivity contribution in [3.8, 4) is 0 Å². The molecule has 0 spiro atoms. The Bertz CT molecular complexity index is 344. The van der Waals surface area contributed by atoms with Crippen molar-refractivity contribution in [1.29, 1.82) is 0 Å². The lowest BCUT2D eigenvalue weighted by Gasteiger charge is -2.21. The second-order valence-electron chi connectivity index (χ2n) is 4.34. The van der Waals surface area contributed by atoms with Gasteiger partial charge in [-0.05, 0) is 6.92 Å². The molecule has 5 heteroatoms. The molecule has 1 rings (SSSR count). The van der Waals surface area contributed by atoms with Crippen LogP contribution < -0.4 is 5.32 Å². The van der Waals surface area contributed by atoms with Crippen LogP contribution >= 0.6 is 0 Å². The van der Waals surface area contributed by atoms with E-state index in [9.17, 15) is 4.79 Å². The molecular weight excluding hydrogens is 196 g/mol. The van der Waals surface area contributed by atoms with E-state index in [1.54, 1.807) is 13.0 Å². The van der Waals surface area contributed by atoms with E-state index < -0.39 is 0 Å². The van der Waals surface area contributed by atoms with Gasteiger partial charge in [0.2, 0.25) is 5.76 Å². The van der Waals surface area contributed by atoms with Gasteiger partial charge in [-0.2, -0.15) is 0 Å². The zero-order valence-electron chi connectivity index (χ0n) is 9.20. The quantitative estimate of drug-likeness (QED) is 0.771. The number of aryl methyl sites for hydroxylation is 1. The maximum atomic E-state index is 11.5.